The molecule has 2 N–H and O–H groups in total. The van der Waals surface area contributed by atoms with Crippen LogP contribution in [0.5, 0.6) is 11.5 Å². The second kappa shape index (κ2) is 3.44. The first-order valence-corrected chi connectivity index (χ1v) is 4.57. The van der Waals surface area contributed by atoms with E-state index in [2.05, 4.69) is 0 Å². The second-order valence-electron chi connectivity index (χ2n) is 3.41. The molecule has 0 bridgehead atoms. The summed E-state index contributed by atoms with van der Waals surface area (Å²) in [5.41, 5.74) is 0.937. The SMILES string of the molecule is COc1c(O)c(C(=O)O)cc2c(C)coc12. The fourth-order valence-electron chi connectivity index (χ4n) is 1.60. The summed E-state index contributed by atoms with van der Waals surface area (Å²) in [5.74, 6) is -1.59. The Morgan fingerprint density at radius 2 is 2.19 bits per heavy atom. The van der Waals surface area contributed by atoms with Crippen molar-refractivity contribution in [2.75, 3.05) is 7.11 Å². The van der Waals surface area contributed by atoms with Gasteiger partial charge in [0.2, 0.25) is 5.75 Å². The largest absolute Gasteiger partial charge is 0.504 e. The Morgan fingerprint density at radius 3 is 2.75 bits per heavy atom. The lowest BCUT2D eigenvalue weighted by atomic mass is 10.1. The molecule has 84 valence electrons. The van der Waals surface area contributed by atoms with Gasteiger partial charge in [-0.1, -0.05) is 0 Å². The van der Waals surface area contributed by atoms with E-state index in [9.17, 15) is 9.90 Å². The number of ether oxygens (including phenoxy) is 1. The minimum absolute atomic E-state index is 0.0444. The Kier molecular flexibility index (Phi) is 2.23. The zero-order valence-electron chi connectivity index (χ0n) is 8.77. The molecule has 2 aromatic rings. The fourth-order valence-corrected chi connectivity index (χ4v) is 1.60. The average Bonchev–Trinajstić information content (AvgIpc) is 2.59. The molecule has 0 saturated heterocycles. The van der Waals surface area contributed by atoms with Gasteiger partial charge in [-0.3, -0.25) is 0 Å². The van der Waals surface area contributed by atoms with E-state index in [0.29, 0.717) is 11.0 Å². The zero-order valence-corrected chi connectivity index (χ0v) is 8.77. The highest BCUT2D eigenvalue weighted by molar-refractivity contribution is 6.00. The third kappa shape index (κ3) is 1.29. The van der Waals surface area contributed by atoms with E-state index in [1.165, 1.54) is 19.4 Å². The van der Waals surface area contributed by atoms with E-state index in [1.54, 1.807) is 6.92 Å². The van der Waals surface area contributed by atoms with Gasteiger partial charge in [-0.2, -0.15) is 0 Å². The number of aromatic hydroxyl groups is 1. The summed E-state index contributed by atoms with van der Waals surface area (Å²) >= 11 is 0. The predicted molar refractivity (Wildman–Crippen MR) is 56.1 cm³/mol. The minimum Gasteiger partial charge on any atom is -0.504 e. The molecule has 5 heteroatoms. The number of phenols is 1. The van der Waals surface area contributed by atoms with Crippen molar-refractivity contribution in [2.24, 2.45) is 0 Å². The Labute approximate surface area is 90.9 Å². The van der Waals surface area contributed by atoms with Gasteiger partial charge in [0.15, 0.2) is 11.3 Å². The summed E-state index contributed by atoms with van der Waals surface area (Å²) in [4.78, 5) is 10.9. The molecule has 0 atom stereocenters. The van der Waals surface area contributed by atoms with Crippen LogP contribution >= 0.6 is 0 Å². The molecule has 0 aliphatic rings. The number of carboxylic acids is 1. The molecule has 0 spiro atoms. The van der Waals surface area contributed by atoms with Crippen molar-refractivity contribution in [3.8, 4) is 11.5 Å². The first-order valence-electron chi connectivity index (χ1n) is 4.57. The monoisotopic (exact) mass is 222 g/mol. The summed E-state index contributed by atoms with van der Waals surface area (Å²) in [6, 6.07) is 1.37. The number of hydrogen-bond acceptors (Lipinski definition) is 4. The lowest BCUT2D eigenvalue weighted by Gasteiger charge is -2.06. The van der Waals surface area contributed by atoms with Crippen molar-refractivity contribution in [3.05, 3.63) is 23.5 Å². The molecule has 0 unspecified atom stereocenters. The number of benzene rings is 1. The molecular formula is C11H10O5. The Bertz CT molecular complexity index is 567. The molecule has 0 amide bonds. The summed E-state index contributed by atoms with van der Waals surface area (Å²) in [5, 5.41) is 19.2. The van der Waals surface area contributed by atoms with Crippen LogP contribution in [0.25, 0.3) is 11.0 Å². The maximum absolute atomic E-state index is 10.9. The molecule has 1 aromatic carbocycles. The normalized spacial score (nSPS) is 10.6. The van der Waals surface area contributed by atoms with Crippen LogP contribution in [0.15, 0.2) is 16.7 Å². The molecule has 1 aromatic heterocycles. The van der Waals surface area contributed by atoms with Gasteiger partial charge in [-0.15, -0.1) is 0 Å². The van der Waals surface area contributed by atoms with E-state index in [0.717, 1.165) is 5.56 Å². The highest BCUT2D eigenvalue weighted by Gasteiger charge is 2.21. The summed E-state index contributed by atoms with van der Waals surface area (Å²) in [7, 11) is 1.35. The number of aromatic carboxylic acids is 1. The van der Waals surface area contributed by atoms with Gasteiger partial charge in [0.1, 0.15) is 5.56 Å². The smallest absolute Gasteiger partial charge is 0.339 e. The highest BCUT2D eigenvalue weighted by atomic mass is 16.5. The second-order valence-corrected chi connectivity index (χ2v) is 3.41. The Morgan fingerprint density at radius 1 is 1.50 bits per heavy atom. The van der Waals surface area contributed by atoms with Gasteiger partial charge in [-0.05, 0) is 18.6 Å². The molecular weight excluding hydrogens is 212 g/mol. The number of methoxy groups -OCH3 is 1. The average molecular weight is 222 g/mol. The molecule has 0 radical (unpaired) electrons. The number of fused-ring (bicyclic) bond motifs is 1. The van der Waals surface area contributed by atoms with Gasteiger partial charge in [-0.25, -0.2) is 4.79 Å². The number of furan rings is 1. The molecule has 16 heavy (non-hydrogen) atoms. The topological polar surface area (TPSA) is 79.9 Å². The third-order valence-electron chi connectivity index (χ3n) is 2.42. The summed E-state index contributed by atoms with van der Waals surface area (Å²) in [6.07, 6.45) is 1.48. The first-order chi connectivity index (χ1) is 7.56. The number of aryl methyl sites for hydroxylation is 1. The standard InChI is InChI=1S/C11H10O5/c1-5-4-16-9-6(5)3-7(11(13)14)8(12)10(9)15-2/h3-4,12H,1-2H3,(H,13,14). The Balaban J connectivity index is 2.90. The summed E-state index contributed by atoms with van der Waals surface area (Å²) in [6.45, 7) is 1.79. The lowest BCUT2D eigenvalue weighted by Crippen LogP contribution is -1.98. The maximum atomic E-state index is 10.9. The van der Waals surface area contributed by atoms with Crippen LogP contribution in [0.4, 0.5) is 0 Å². The molecule has 2 rings (SSSR count). The van der Waals surface area contributed by atoms with Gasteiger partial charge in [0.05, 0.1) is 13.4 Å². The minimum atomic E-state index is -1.21. The third-order valence-corrected chi connectivity index (χ3v) is 2.42. The first kappa shape index (κ1) is 10.4. The molecule has 0 fully saturated rings. The number of hydrogen-bond donors (Lipinski definition) is 2. The van der Waals surface area contributed by atoms with E-state index in [-0.39, 0.29) is 11.3 Å². The van der Waals surface area contributed by atoms with Crippen LogP contribution < -0.4 is 4.74 Å². The molecule has 5 nitrogen and oxygen atoms in total. The van der Waals surface area contributed by atoms with Gasteiger partial charge < -0.3 is 19.4 Å². The van der Waals surface area contributed by atoms with Crippen molar-refractivity contribution < 1.29 is 24.2 Å². The quantitative estimate of drug-likeness (QED) is 0.813. The van der Waals surface area contributed by atoms with E-state index < -0.39 is 11.7 Å². The highest BCUT2D eigenvalue weighted by Crippen LogP contribution is 2.39. The van der Waals surface area contributed by atoms with Gasteiger partial charge in [0, 0.05) is 5.39 Å². The number of rotatable bonds is 2. The van der Waals surface area contributed by atoms with Crippen molar-refractivity contribution >= 4 is 16.9 Å². The van der Waals surface area contributed by atoms with Crippen LogP contribution in [-0.4, -0.2) is 23.3 Å². The molecule has 0 aliphatic heterocycles. The van der Waals surface area contributed by atoms with E-state index >= 15 is 0 Å². The van der Waals surface area contributed by atoms with Crippen molar-refractivity contribution in [1.82, 2.24) is 0 Å². The van der Waals surface area contributed by atoms with E-state index in [4.69, 9.17) is 14.3 Å². The van der Waals surface area contributed by atoms with Crippen LogP contribution in [0, 0.1) is 6.92 Å². The zero-order chi connectivity index (χ0) is 11.9. The lowest BCUT2D eigenvalue weighted by molar-refractivity contribution is 0.0693. The molecule has 0 aliphatic carbocycles. The number of carbonyl (C=O) groups is 1. The van der Waals surface area contributed by atoms with E-state index in [1.807, 2.05) is 0 Å². The van der Waals surface area contributed by atoms with Crippen LogP contribution in [0.3, 0.4) is 0 Å². The van der Waals surface area contributed by atoms with Gasteiger partial charge in [0.25, 0.3) is 0 Å². The summed E-state index contributed by atoms with van der Waals surface area (Å²) < 4.78 is 10.2. The van der Waals surface area contributed by atoms with Crippen molar-refractivity contribution in [2.45, 2.75) is 6.92 Å². The maximum Gasteiger partial charge on any atom is 0.339 e. The van der Waals surface area contributed by atoms with Gasteiger partial charge >= 0.3 is 5.97 Å². The van der Waals surface area contributed by atoms with Crippen molar-refractivity contribution in [1.29, 1.82) is 0 Å². The van der Waals surface area contributed by atoms with Crippen LogP contribution in [-0.2, 0) is 0 Å². The molecule has 0 saturated carbocycles. The van der Waals surface area contributed by atoms with Crippen LogP contribution in [0.2, 0.25) is 0 Å². The molecule has 1 heterocycles. The number of carboxylic acid groups (broad SMARTS) is 1. The fraction of sp³-hybridized carbons (Fsp3) is 0.182. The van der Waals surface area contributed by atoms with Crippen LogP contribution in [0.1, 0.15) is 15.9 Å². The predicted octanol–water partition coefficient (Wildman–Crippen LogP) is 2.15. The Hall–Kier alpha value is -2.17. The van der Waals surface area contributed by atoms with Crippen molar-refractivity contribution in [3.63, 3.8) is 0 Å².